The van der Waals surface area contributed by atoms with Gasteiger partial charge in [0.1, 0.15) is 11.6 Å². The lowest BCUT2D eigenvalue weighted by Gasteiger charge is -2.19. The largest absolute Gasteiger partial charge is 0.355 e. The predicted octanol–water partition coefficient (Wildman–Crippen LogP) is 3.90. The average Bonchev–Trinajstić information content (AvgIpc) is 2.40. The summed E-state index contributed by atoms with van der Waals surface area (Å²) in [5.74, 6) is 1.13. The summed E-state index contributed by atoms with van der Waals surface area (Å²) >= 11 is 5.87. The number of nitrogens with zero attached hydrogens (tertiary/aromatic N) is 2. The van der Waals surface area contributed by atoms with Crippen molar-refractivity contribution in [2.45, 2.75) is 19.3 Å². The summed E-state index contributed by atoms with van der Waals surface area (Å²) in [4.78, 5) is 6.51. The van der Waals surface area contributed by atoms with Gasteiger partial charge in [0.25, 0.3) is 0 Å². The highest BCUT2D eigenvalue weighted by Crippen LogP contribution is 2.17. The molecule has 0 radical (unpaired) electrons. The monoisotopic (exact) mass is 278 g/mol. The Morgan fingerprint density at radius 2 is 1.84 bits per heavy atom. The van der Waals surface area contributed by atoms with Crippen LogP contribution in [0.4, 0.5) is 10.2 Å². The van der Waals surface area contributed by atoms with Gasteiger partial charge in [0, 0.05) is 25.2 Å². The van der Waals surface area contributed by atoms with Crippen molar-refractivity contribution in [3.8, 4) is 0 Å². The minimum absolute atomic E-state index is 0.218. The Hall–Kier alpha value is -1.61. The second-order valence-electron chi connectivity index (χ2n) is 4.59. The van der Waals surface area contributed by atoms with Gasteiger partial charge in [-0.15, -0.1) is 11.6 Å². The molecule has 0 aliphatic carbocycles. The third kappa shape index (κ3) is 3.67. The Labute approximate surface area is 117 Å². The van der Waals surface area contributed by atoms with Crippen LogP contribution in [-0.4, -0.2) is 12.0 Å². The van der Waals surface area contributed by atoms with Crippen molar-refractivity contribution in [2.75, 3.05) is 11.9 Å². The van der Waals surface area contributed by atoms with Gasteiger partial charge in [0.05, 0.1) is 0 Å². The number of halogens is 2. The quantitative estimate of drug-likeness (QED) is 0.789. The molecule has 0 atom stereocenters. The van der Waals surface area contributed by atoms with E-state index in [0.717, 1.165) is 22.6 Å². The van der Waals surface area contributed by atoms with Crippen molar-refractivity contribution < 1.29 is 4.39 Å². The average molecular weight is 279 g/mol. The number of hydrogen-bond acceptors (Lipinski definition) is 2. The highest BCUT2D eigenvalue weighted by molar-refractivity contribution is 6.17. The Bertz CT molecular complexity index is 555. The maximum atomic E-state index is 12.9. The molecule has 100 valence electrons. The molecule has 1 aromatic carbocycles. The maximum absolute atomic E-state index is 12.9. The van der Waals surface area contributed by atoms with Gasteiger partial charge in [-0.3, -0.25) is 0 Å². The molecule has 0 unspecified atom stereocenters. The Kier molecular flexibility index (Phi) is 4.38. The van der Waals surface area contributed by atoms with Gasteiger partial charge in [0.15, 0.2) is 0 Å². The summed E-state index contributed by atoms with van der Waals surface area (Å²) in [6.45, 7) is 2.63. The van der Waals surface area contributed by atoms with Crippen molar-refractivity contribution in [1.29, 1.82) is 0 Å². The molecule has 2 rings (SSSR count). The lowest BCUT2D eigenvalue weighted by Crippen LogP contribution is -2.18. The van der Waals surface area contributed by atoms with E-state index in [0.29, 0.717) is 12.4 Å². The zero-order chi connectivity index (χ0) is 13.8. The normalized spacial score (nSPS) is 10.5. The smallest absolute Gasteiger partial charge is 0.129 e. The van der Waals surface area contributed by atoms with E-state index in [4.69, 9.17) is 11.6 Å². The van der Waals surface area contributed by atoms with E-state index >= 15 is 0 Å². The van der Waals surface area contributed by atoms with Crippen LogP contribution >= 0.6 is 11.6 Å². The summed E-state index contributed by atoms with van der Waals surface area (Å²) in [7, 11) is 1.96. The summed E-state index contributed by atoms with van der Waals surface area (Å²) in [5, 5.41) is 0. The standard InChI is InChI=1S/C15H16ClFN2/c1-11-7-13(9-16)8-15(18-11)19(2)10-12-3-5-14(17)6-4-12/h3-8H,9-10H2,1-2H3. The molecule has 0 saturated heterocycles. The Morgan fingerprint density at radius 1 is 1.16 bits per heavy atom. The van der Waals surface area contributed by atoms with Crippen LogP contribution in [0.3, 0.4) is 0 Å². The number of pyridine rings is 1. The lowest BCUT2D eigenvalue weighted by atomic mass is 10.2. The Morgan fingerprint density at radius 3 is 2.47 bits per heavy atom. The highest BCUT2D eigenvalue weighted by atomic mass is 35.5. The van der Waals surface area contributed by atoms with Crippen molar-refractivity contribution in [3.63, 3.8) is 0 Å². The third-order valence-corrected chi connectivity index (χ3v) is 3.19. The number of rotatable bonds is 4. The first kappa shape index (κ1) is 13.8. The van der Waals surface area contributed by atoms with Crippen LogP contribution in [0.5, 0.6) is 0 Å². The van der Waals surface area contributed by atoms with E-state index < -0.39 is 0 Å². The third-order valence-electron chi connectivity index (χ3n) is 2.88. The molecule has 0 spiro atoms. The van der Waals surface area contributed by atoms with E-state index in [2.05, 4.69) is 4.98 Å². The SMILES string of the molecule is Cc1cc(CCl)cc(N(C)Cc2ccc(F)cc2)n1. The van der Waals surface area contributed by atoms with Crippen LogP contribution in [0.15, 0.2) is 36.4 Å². The first-order valence-electron chi connectivity index (χ1n) is 6.07. The summed E-state index contributed by atoms with van der Waals surface area (Å²) in [6, 6.07) is 10.5. The summed E-state index contributed by atoms with van der Waals surface area (Å²) in [6.07, 6.45) is 0. The zero-order valence-electron chi connectivity index (χ0n) is 11.0. The van der Waals surface area contributed by atoms with Gasteiger partial charge in [-0.25, -0.2) is 9.37 Å². The number of anilines is 1. The molecule has 0 bridgehead atoms. The number of aromatic nitrogens is 1. The second-order valence-corrected chi connectivity index (χ2v) is 4.86. The van der Waals surface area contributed by atoms with Crippen molar-refractivity contribution in [3.05, 3.63) is 59.0 Å². The lowest BCUT2D eigenvalue weighted by molar-refractivity contribution is 0.627. The van der Waals surface area contributed by atoms with Crippen LogP contribution in [0.2, 0.25) is 0 Å². The van der Waals surface area contributed by atoms with Crippen LogP contribution in [0, 0.1) is 12.7 Å². The molecular weight excluding hydrogens is 263 g/mol. The van der Waals surface area contributed by atoms with E-state index in [1.807, 2.05) is 31.0 Å². The second kappa shape index (κ2) is 6.02. The molecular formula is C15H16ClFN2. The van der Waals surface area contributed by atoms with Crippen molar-refractivity contribution >= 4 is 17.4 Å². The Balaban J connectivity index is 2.17. The van der Waals surface area contributed by atoms with Crippen LogP contribution in [-0.2, 0) is 12.4 Å². The maximum Gasteiger partial charge on any atom is 0.129 e. The molecule has 1 heterocycles. The fourth-order valence-corrected chi connectivity index (χ4v) is 2.09. The van der Waals surface area contributed by atoms with Crippen molar-refractivity contribution in [1.82, 2.24) is 4.98 Å². The minimum atomic E-state index is -0.218. The number of aryl methyl sites for hydroxylation is 1. The van der Waals surface area contributed by atoms with Crippen molar-refractivity contribution in [2.24, 2.45) is 0 Å². The van der Waals surface area contributed by atoms with Crippen LogP contribution in [0.1, 0.15) is 16.8 Å². The minimum Gasteiger partial charge on any atom is -0.355 e. The molecule has 1 aromatic heterocycles. The molecule has 4 heteroatoms. The van der Waals surface area contributed by atoms with Crippen LogP contribution in [0.25, 0.3) is 0 Å². The van der Waals surface area contributed by atoms with E-state index in [9.17, 15) is 4.39 Å². The number of hydrogen-bond donors (Lipinski definition) is 0. The molecule has 0 fully saturated rings. The van der Waals surface area contributed by atoms with Gasteiger partial charge in [0.2, 0.25) is 0 Å². The molecule has 2 nitrogen and oxygen atoms in total. The first-order chi connectivity index (χ1) is 9.08. The van der Waals surface area contributed by atoms with Gasteiger partial charge in [-0.2, -0.15) is 0 Å². The predicted molar refractivity (Wildman–Crippen MR) is 77.0 cm³/mol. The highest BCUT2D eigenvalue weighted by Gasteiger charge is 2.06. The zero-order valence-corrected chi connectivity index (χ0v) is 11.8. The molecule has 0 amide bonds. The van der Waals surface area contributed by atoms with Crippen LogP contribution < -0.4 is 4.90 Å². The molecule has 0 N–H and O–H groups in total. The number of benzene rings is 1. The summed E-state index contributed by atoms with van der Waals surface area (Å²) < 4.78 is 12.9. The van der Waals surface area contributed by atoms with Gasteiger partial charge in [-0.1, -0.05) is 12.1 Å². The summed E-state index contributed by atoms with van der Waals surface area (Å²) in [5.41, 5.74) is 3.04. The fraction of sp³-hybridized carbons (Fsp3) is 0.267. The molecule has 0 aliphatic rings. The van der Waals surface area contributed by atoms with Gasteiger partial charge < -0.3 is 4.90 Å². The molecule has 19 heavy (non-hydrogen) atoms. The van der Waals surface area contributed by atoms with Gasteiger partial charge >= 0.3 is 0 Å². The fourth-order valence-electron chi connectivity index (χ4n) is 1.94. The van der Waals surface area contributed by atoms with E-state index in [1.54, 1.807) is 12.1 Å². The van der Waals surface area contributed by atoms with Gasteiger partial charge in [-0.05, 0) is 42.3 Å². The topological polar surface area (TPSA) is 16.1 Å². The molecule has 0 aliphatic heterocycles. The molecule has 2 aromatic rings. The van der Waals surface area contributed by atoms with E-state index in [-0.39, 0.29) is 5.82 Å². The number of alkyl halides is 1. The molecule has 0 saturated carbocycles. The first-order valence-corrected chi connectivity index (χ1v) is 6.61. The van der Waals surface area contributed by atoms with E-state index in [1.165, 1.54) is 12.1 Å².